The molecule has 1 aromatic rings. The standard InChI is InChI=1S/C19H26N2O2/c22-19(17-12-14-8-4-5-9-15(14)20-17)21-16-10-11-23-18(16)13-6-2-1-3-7-13/h1-3,6-7,14-18,20H,4-5,8-12H2,(H,21,22). The van der Waals surface area contributed by atoms with E-state index in [1.807, 2.05) is 18.2 Å². The monoisotopic (exact) mass is 314 g/mol. The Morgan fingerprint density at radius 3 is 2.78 bits per heavy atom. The first kappa shape index (κ1) is 15.2. The molecule has 5 unspecified atom stereocenters. The summed E-state index contributed by atoms with van der Waals surface area (Å²) in [7, 11) is 0. The van der Waals surface area contributed by atoms with Crippen molar-refractivity contribution in [3.8, 4) is 0 Å². The van der Waals surface area contributed by atoms with Crippen LogP contribution in [0.3, 0.4) is 0 Å². The molecule has 1 aromatic carbocycles. The number of hydrogen-bond acceptors (Lipinski definition) is 3. The molecule has 124 valence electrons. The smallest absolute Gasteiger partial charge is 0.237 e. The topological polar surface area (TPSA) is 50.4 Å². The van der Waals surface area contributed by atoms with Gasteiger partial charge in [0.1, 0.15) is 6.10 Å². The van der Waals surface area contributed by atoms with Gasteiger partial charge in [-0.15, -0.1) is 0 Å². The van der Waals surface area contributed by atoms with E-state index in [1.165, 1.54) is 25.7 Å². The van der Waals surface area contributed by atoms with Crippen LogP contribution in [0.5, 0.6) is 0 Å². The van der Waals surface area contributed by atoms with E-state index in [1.54, 1.807) is 0 Å². The zero-order chi connectivity index (χ0) is 15.6. The highest BCUT2D eigenvalue weighted by molar-refractivity contribution is 5.82. The largest absolute Gasteiger partial charge is 0.371 e. The van der Waals surface area contributed by atoms with E-state index < -0.39 is 0 Å². The molecule has 1 amide bonds. The van der Waals surface area contributed by atoms with Gasteiger partial charge in [0, 0.05) is 12.6 Å². The van der Waals surface area contributed by atoms with Crippen LogP contribution in [0.1, 0.15) is 50.2 Å². The first-order chi connectivity index (χ1) is 11.3. The molecule has 0 aromatic heterocycles. The minimum absolute atomic E-state index is 0.0103. The molecule has 0 bridgehead atoms. The highest BCUT2D eigenvalue weighted by atomic mass is 16.5. The van der Waals surface area contributed by atoms with E-state index in [0.717, 1.165) is 18.4 Å². The van der Waals surface area contributed by atoms with Crippen LogP contribution in [0.4, 0.5) is 0 Å². The highest BCUT2D eigenvalue weighted by Gasteiger charge is 2.40. The van der Waals surface area contributed by atoms with Gasteiger partial charge >= 0.3 is 0 Å². The van der Waals surface area contributed by atoms with E-state index in [0.29, 0.717) is 18.6 Å². The van der Waals surface area contributed by atoms with E-state index in [9.17, 15) is 4.79 Å². The Hall–Kier alpha value is -1.39. The number of hydrogen-bond donors (Lipinski definition) is 2. The molecule has 4 nitrogen and oxygen atoms in total. The molecule has 2 N–H and O–H groups in total. The third-order valence-electron chi connectivity index (χ3n) is 5.73. The Morgan fingerprint density at radius 1 is 1.13 bits per heavy atom. The van der Waals surface area contributed by atoms with Gasteiger partial charge in [0.25, 0.3) is 0 Å². The Balaban J connectivity index is 1.38. The number of carbonyl (C=O) groups is 1. The van der Waals surface area contributed by atoms with Crippen LogP contribution in [-0.2, 0) is 9.53 Å². The van der Waals surface area contributed by atoms with E-state index in [-0.39, 0.29) is 24.1 Å². The van der Waals surface area contributed by atoms with Gasteiger partial charge < -0.3 is 15.4 Å². The van der Waals surface area contributed by atoms with Crippen molar-refractivity contribution in [1.82, 2.24) is 10.6 Å². The fourth-order valence-corrected chi connectivity index (χ4v) is 4.51. The number of fused-ring (bicyclic) bond motifs is 1. The first-order valence-corrected chi connectivity index (χ1v) is 9.04. The molecule has 1 aliphatic carbocycles. The van der Waals surface area contributed by atoms with Crippen LogP contribution in [0, 0.1) is 5.92 Å². The average Bonchev–Trinajstić information content (AvgIpc) is 3.22. The lowest BCUT2D eigenvalue weighted by Gasteiger charge is -2.24. The Morgan fingerprint density at radius 2 is 1.96 bits per heavy atom. The van der Waals surface area contributed by atoms with Gasteiger partial charge in [0.05, 0.1) is 12.1 Å². The van der Waals surface area contributed by atoms with Crippen molar-refractivity contribution in [3.05, 3.63) is 35.9 Å². The van der Waals surface area contributed by atoms with Crippen molar-refractivity contribution in [1.29, 1.82) is 0 Å². The number of rotatable bonds is 3. The molecule has 23 heavy (non-hydrogen) atoms. The number of nitrogens with one attached hydrogen (secondary N) is 2. The lowest BCUT2D eigenvalue weighted by atomic mass is 9.85. The first-order valence-electron chi connectivity index (χ1n) is 9.04. The fourth-order valence-electron chi connectivity index (χ4n) is 4.51. The Kier molecular flexibility index (Phi) is 4.36. The molecule has 4 heteroatoms. The second kappa shape index (κ2) is 6.62. The summed E-state index contributed by atoms with van der Waals surface area (Å²) < 4.78 is 5.87. The van der Waals surface area contributed by atoms with E-state index in [4.69, 9.17) is 4.74 Å². The molecule has 4 rings (SSSR count). The summed E-state index contributed by atoms with van der Waals surface area (Å²) in [6.45, 7) is 0.716. The van der Waals surface area contributed by atoms with Crippen molar-refractivity contribution in [2.24, 2.45) is 5.92 Å². The molecule has 3 aliphatic rings. The van der Waals surface area contributed by atoms with Crippen LogP contribution in [0.25, 0.3) is 0 Å². The number of ether oxygens (including phenoxy) is 1. The predicted molar refractivity (Wildman–Crippen MR) is 89.0 cm³/mol. The van der Waals surface area contributed by atoms with Crippen molar-refractivity contribution < 1.29 is 9.53 Å². The van der Waals surface area contributed by atoms with Gasteiger partial charge in [-0.25, -0.2) is 0 Å². The quantitative estimate of drug-likeness (QED) is 0.901. The summed E-state index contributed by atoms with van der Waals surface area (Å²) in [6.07, 6.45) is 7.02. The SMILES string of the molecule is O=C(NC1CCOC1c1ccccc1)C1CC2CCCCC2N1. The minimum Gasteiger partial charge on any atom is -0.371 e. The van der Waals surface area contributed by atoms with Gasteiger partial charge in [-0.05, 0) is 37.2 Å². The lowest BCUT2D eigenvalue weighted by Crippen LogP contribution is -2.47. The molecule has 2 heterocycles. The summed E-state index contributed by atoms with van der Waals surface area (Å²) >= 11 is 0. The van der Waals surface area contributed by atoms with E-state index in [2.05, 4.69) is 22.8 Å². The minimum atomic E-state index is -0.0138. The molecular formula is C19H26N2O2. The van der Waals surface area contributed by atoms with Gasteiger partial charge in [-0.3, -0.25) is 4.79 Å². The van der Waals surface area contributed by atoms with Crippen LogP contribution in [0.2, 0.25) is 0 Å². The van der Waals surface area contributed by atoms with Crippen LogP contribution >= 0.6 is 0 Å². The molecule has 0 radical (unpaired) electrons. The summed E-state index contributed by atoms with van der Waals surface area (Å²) in [5.74, 6) is 0.861. The number of carbonyl (C=O) groups excluding carboxylic acids is 1. The second-order valence-corrected chi connectivity index (χ2v) is 7.21. The normalized spacial score (nSPS) is 36.6. The maximum absolute atomic E-state index is 12.7. The predicted octanol–water partition coefficient (Wildman–Crippen LogP) is 2.55. The van der Waals surface area contributed by atoms with Gasteiger partial charge in [-0.1, -0.05) is 43.2 Å². The molecular weight excluding hydrogens is 288 g/mol. The van der Waals surface area contributed by atoms with Gasteiger partial charge in [0.15, 0.2) is 0 Å². The van der Waals surface area contributed by atoms with Gasteiger partial charge in [0.2, 0.25) is 5.91 Å². The van der Waals surface area contributed by atoms with Crippen molar-refractivity contribution in [2.75, 3.05) is 6.61 Å². The lowest BCUT2D eigenvalue weighted by molar-refractivity contribution is -0.124. The highest BCUT2D eigenvalue weighted by Crippen LogP contribution is 2.34. The molecule has 1 saturated carbocycles. The van der Waals surface area contributed by atoms with Crippen LogP contribution < -0.4 is 10.6 Å². The molecule has 2 aliphatic heterocycles. The maximum Gasteiger partial charge on any atom is 0.237 e. The number of benzene rings is 1. The van der Waals surface area contributed by atoms with E-state index >= 15 is 0 Å². The zero-order valence-corrected chi connectivity index (χ0v) is 13.5. The molecule has 0 spiro atoms. The van der Waals surface area contributed by atoms with Gasteiger partial charge in [-0.2, -0.15) is 0 Å². The van der Waals surface area contributed by atoms with Crippen LogP contribution in [-0.4, -0.2) is 30.6 Å². The fraction of sp³-hybridized carbons (Fsp3) is 0.632. The molecule has 5 atom stereocenters. The summed E-state index contributed by atoms with van der Waals surface area (Å²) in [4.78, 5) is 12.7. The summed E-state index contributed by atoms with van der Waals surface area (Å²) in [5, 5.41) is 6.82. The second-order valence-electron chi connectivity index (χ2n) is 7.21. The average molecular weight is 314 g/mol. The molecule has 3 fully saturated rings. The van der Waals surface area contributed by atoms with Crippen molar-refractivity contribution in [3.63, 3.8) is 0 Å². The Labute approximate surface area is 138 Å². The third kappa shape index (κ3) is 3.15. The summed E-state index contributed by atoms with van der Waals surface area (Å²) in [5.41, 5.74) is 1.16. The number of amides is 1. The Bertz CT molecular complexity index is 534. The maximum atomic E-state index is 12.7. The van der Waals surface area contributed by atoms with Crippen molar-refractivity contribution in [2.45, 2.75) is 62.8 Å². The zero-order valence-electron chi connectivity index (χ0n) is 13.5. The van der Waals surface area contributed by atoms with Crippen molar-refractivity contribution >= 4 is 5.91 Å². The summed E-state index contributed by atoms with van der Waals surface area (Å²) in [6, 6.07) is 10.9. The van der Waals surface area contributed by atoms with Crippen LogP contribution in [0.15, 0.2) is 30.3 Å². The third-order valence-corrected chi connectivity index (χ3v) is 5.73. The molecule has 2 saturated heterocycles.